The molecule has 0 fully saturated rings. The lowest BCUT2D eigenvalue weighted by Crippen LogP contribution is -2.10. The van der Waals surface area contributed by atoms with Gasteiger partial charge in [-0.15, -0.1) is 0 Å². The van der Waals surface area contributed by atoms with E-state index >= 15 is 0 Å². The largest absolute Gasteiger partial charge is 0.471 e. The van der Waals surface area contributed by atoms with Gasteiger partial charge in [-0.1, -0.05) is 28.1 Å². The van der Waals surface area contributed by atoms with Gasteiger partial charge in [0.05, 0.1) is 6.54 Å². The number of nitrogens with two attached hydrogens (primary N) is 1. The topological polar surface area (TPSA) is 47.6 Å². The first-order valence-electron chi connectivity index (χ1n) is 4.95. The highest BCUT2D eigenvalue weighted by Gasteiger charge is 2.20. The summed E-state index contributed by atoms with van der Waals surface area (Å²) >= 11 is 3.44. The first-order chi connectivity index (χ1) is 7.29. The average molecular weight is 269 g/mol. The van der Waals surface area contributed by atoms with Crippen LogP contribution in [0.5, 0.6) is 0 Å². The van der Waals surface area contributed by atoms with Gasteiger partial charge in [0.15, 0.2) is 5.90 Å². The van der Waals surface area contributed by atoms with E-state index in [9.17, 15) is 0 Å². The third-order valence-electron chi connectivity index (χ3n) is 2.29. The first kappa shape index (κ1) is 10.6. The Bertz CT molecular complexity index is 379. The van der Waals surface area contributed by atoms with Gasteiger partial charge in [0.25, 0.3) is 0 Å². The third kappa shape index (κ3) is 2.58. The van der Waals surface area contributed by atoms with Crippen molar-refractivity contribution in [2.45, 2.75) is 12.5 Å². The second-order valence-electron chi connectivity index (χ2n) is 3.43. The molecule has 1 aliphatic rings. The molecule has 1 aromatic carbocycles. The molecule has 1 unspecified atom stereocenters. The molecule has 0 saturated heterocycles. The van der Waals surface area contributed by atoms with E-state index in [1.165, 1.54) is 0 Å². The van der Waals surface area contributed by atoms with Crippen molar-refractivity contribution in [2.75, 3.05) is 13.1 Å². The maximum Gasteiger partial charge on any atom is 0.185 e. The first-order valence-corrected chi connectivity index (χ1v) is 5.74. The lowest BCUT2D eigenvalue weighted by Gasteiger charge is -2.11. The second-order valence-corrected chi connectivity index (χ2v) is 4.35. The Labute approximate surface area is 97.5 Å². The number of hydrogen-bond donors (Lipinski definition) is 1. The molecule has 0 amide bonds. The fourth-order valence-electron chi connectivity index (χ4n) is 1.57. The molecule has 1 aliphatic heterocycles. The molecular formula is C11H13BrN2O. The normalized spacial score (nSPS) is 19.9. The third-order valence-corrected chi connectivity index (χ3v) is 2.78. The van der Waals surface area contributed by atoms with Crippen LogP contribution >= 0.6 is 15.9 Å². The Balaban J connectivity index is 2.04. The molecular weight excluding hydrogens is 256 g/mol. The van der Waals surface area contributed by atoms with Gasteiger partial charge in [0.2, 0.25) is 0 Å². The monoisotopic (exact) mass is 268 g/mol. The van der Waals surface area contributed by atoms with Gasteiger partial charge in [0.1, 0.15) is 6.10 Å². The van der Waals surface area contributed by atoms with Crippen LogP contribution in [0.15, 0.2) is 33.7 Å². The summed E-state index contributed by atoms with van der Waals surface area (Å²) < 4.78 is 6.76. The molecule has 0 spiro atoms. The van der Waals surface area contributed by atoms with Gasteiger partial charge in [-0.2, -0.15) is 0 Å². The molecule has 0 bridgehead atoms. The zero-order valence-electron chi connectivity index (χ0n) is 8.32. The quantitative estimate of drug-likeness (QED) is 0.915. The van der Waals surface area contributed by atoms with Gasteiger partial charge in [-0.05, 0) is 17.7 Å². The molecule has 4 heteroatoms. The summed E-state index contributed by atoms with van der Waals surface area (Å²) in [6, 6.07) is 8.12. The Morgan fingerprint density at radius 1 is 1.53 bits per heavy atom. The van der Waals surface area contributed by atoms with Crippen LogP contribution in [0.3, 0.4) is 0 Å². The summed E-state index contributed by atoms with van der Waals surface area (Å²) in [5.41, 5.74) is 6.60. The highest BCUT2D eigenvalue weighted by molar-refractivity contribution is 9.10. The summed E-state index contributed by atoms with van der Waals surface area (Å²) in [5, 5.41) is 0. The standard InChI is InChI=1S/C11H13BrN2O/c12-9-3-1-2-8(6-9)10-7-14-11(15-10)4-5-13/h1-3,6,10H,4-5,7,13H2. The van der Waals surface area contributed by atoms with Crippen molar-refractivity contribution in [2.24, 2.45) is 10.7 Å². The van der Waals surface area contributed by atoms with E-state index in [1.54, 1.807) is 0 Å². The smallest absolute Gasteiger partial charge is 0.185 e. The predicted molar refractivity (Wildman–Crippen MR) is 63.9 cm³/mol. The molecule has 0 saturated carbocycles. The van der Waals surface area contributed by atoms with Crippen LogP contribution in [-0.2, 0) is 4.74 Å². The molecule has 2 rings (SSSR count). The van der Waals surface area contributed by atoms with Gasteiger partial charge >= 0.3 is 0 Å². The molecule has 1 atom stereocenters. The minimum atomic E-state index is 0.0593. The van der Waals surface area contributed by atoms with Crippen LogP contribution in [0.4, 0.5) is 0 Å². The predicted octanol–water partition coefficient (Wildman–Crippen LogP) is 2.27. The summed E-state index contributed by atoms with van der Waals surface area (Å²) in [7, 11) is 0. The number of halogens is 1. The molecule has 1 heterocycles. The average Bonchev–Trinajstić information content (AvgIpc) is 2.67. The van der Waals surface area contributed by atoms with Gasteiger partial charge in [0, 0.05) is 17.4 Å². The minimum absolute atomic E-state index is 0.0593. The lowest BCUT2D eigenvalue weighted by molar-refractivity contribution is 0.224. The molecule has 0 aromatic heterocycles. The number of ether oxygens (including phenoxy) is 1. The van der Waals surface area contributed by atoms with Crippen LogP contribution < -0.4 is 5.73 Å². The summed E-state index contributed by atoms with van der Waals surface area (Å²) in [6.07, 6.45) is 0.786. The van der Waals surface area contributed by atoms with Crippen molar-refractivity contribution in [3.05, 3.63) is 34.3 Å². The van der Waals surface area contributed by atoms with Crippen molar-refractivity contribution in [1.29, 1.82) is 0 Å². The van der Waals surface area contributed by atoms with Crippen molar-refractivity contribution in [1.82, 2.24) is 0 Å². The highest BCUT2D eigenvalue weighted by atomic mass is 79.9. The second kappa shape index (κ2) is 4.77. The number of hydrogen-bond acceptors (Lipinski definition) is 3. The lowest BCUT2D eigenvalue weighted by atomic mass is 10.1. The number of benzene rings is 1. The van der Waals surface area contributed by atoms with E-state index in [0.717, 1.165) is 22.4 Å². The highest BCUT2D eigenvalue weighted by Crippen LogP contribution is 2.25. The fraction of sp³-hybridized carbons (Fsp3) is 0.364. The maximum absolute atomic E-state index is 5.69. The molecule has 15 heavy (non-hydrogen) atoms. The zero-order valence-corrected chi connectivity index (χ0v) is 9.90. The number of aliphatic imine (C=N–C) groups is 1. The number of rotatable bonds is 3. The Morgan fingerprint density at radius 3 is 3.13 bits per heavy atom. The van der Waals surface area contributed by atoms with Crippen LogP contribution in [0.25, 0.3) is 0 Å². The SMILES string of the molecule is NCCC1=NCC(c2cccc(Br)c2)O1. The molecule has 80 valence electrons. The molecule has 3 nitrogen and oxygen atoms in total. The van der Waals surface area contributed by atoms with E-state index in [2.05, 4.69) is 33.1 Å². The summed E-state index contributed by atoms with van der Waals surface area (Å²) in [5.74, 6) is 0.780. The van der Waals surface area contributed by atoms with E-state index < -0.39 is 0 Å². The van der Waals surface area contributed by atoms with Gasteiger partial charge in [-0.3, -0.25) is 4.99 Å². The van der Waals surface area contributed by atoms with Crippen LogP contribution in [-0.4, -0.2) is 19.0 Å². The van der Waals surface area contributed by atoms with Crippen LogP contribution in [0.1, 0.15) is 18.1 Å². The van der Waals surface area contributed by atoms with Crippen molar-refractivity contribution < 1.29 is 4.74 Å². The number of nitrogens with zero attached hydrogens (tertiary/aromatic N) is 1. The molecule has 0 radical (unpaired) electrons. The molecule has 0 aliphatic carbocycles. The van der Waals surface area contributed by atoms with E-state index in [4.69, 9.17) is 10.5 Å². The van der Waals surface area contributed by atoms with Crippen LogP contribution in [0.2, 0.25) is 0 Å². The van der Waals surface area contributed by atoms with Gasteiger partial charge in [-0.25, -0.2) is 0 Å². The fourth-order valence-corrected chi connectivity index (χ4v) is 1.98. The van der Waals surface area contributed by atoms with E-state index in [0.29, 0.717) is 13.1 Å². The van der Waals surface area contributed by atoms with Gasteiger partial charge < -0.3 is 10.5 Å². The Kier molecular flexibility index (Phi) is 3.38. The van der Waals surface area contributed by atoms with E-state index in [-0.39, 0.29) is 6.10 Å². The van der Waals surface area contributed by atoms with E-state index in [1.807, 2.05) is 12.1 Å². The zero-order chi connectivity index (χ0) is 10.7. The Hall–Kier alpha value is -0.870. The van der Waals surface area contributed by atoms with Crippen molar-refractivity contribution in [3.63, 3.8) is 0 Å². The summed E-state index contributed by atoms with van der Waals surface area (Å²) in [6.45, 7) is 1.29. The Morgan fingerprint density at radius 2 is 2.40 bits per heavy atom. The maximum atomic E-state index is 5.69. The van der Waals surface area contributed by atoms with Crippen molar-refractivity contribution >= 4 is 21.8 Å². The van der Waals surface area contributed by atoms with Crippen molar-refractivity contribution in [3.8, 4) is 0 Å². The van der Waals surface area contributed by atoms with Crippen LogP contribution in [0, 0.1) is 0 Å². The molecule has 2 N–H and O–H groups in total. The molecule has 1 aromatic rings. The summed E-state index contributed by atoms with van der Waals surface area (Å²) in [4.78, 5) is 4.31. The minimum Gasteiger partial charge on any atom is -0.471 e.